The summed E-state index contributed by atoms with van der Waals surface area (Å²) in [6, 6.07) is -0.214. The van der Waals surface area contributed by atoms with Crippen molar-refractivity contribution in [1.29, 1.82) is 0 Å². The minimum absolute atomic E-state index is 0.0391. The number of rotatable bonds is 5. The third-order valence-electron chi connectivity index (χ3n) is 2.83. The van der Waals surface area contributed by atoms with Crippen molar-refractivity contribution < 1.29 is 19.4 Å². The number of carboxylic acid groups (broad SMARTS) is 1. The molecule has 6 nitrogen and oxygen atoms in total. The number of amides is 2. The van der Waals surface area contributed by atoms with Gasteiger partial charge >= 0.3 is 12.0 Å². The van der Waals surface area contributed by atoms with Gasteiger partial charge in [0, 0.05) is 19.6 Å². The summed E-state index contributed by atoms with van der Waals surface area (Å²) in [6.07, 6.45) is 0.917. The molecule has 3 N–H and O–H groups in total. The van der Waals surface area contributed by atoms with Crippen LogP contribution in [0.1, 0.15) is 26.7 Å². The molecule has 1 rings (SSSR count). The van der Waals surface area contributed by atoms with E-state index in [2.05, 4.69) is 10.6 Å². The summed E-state index contributed by atoms with van der Waals surface area (Å²) in [4.78, 5) is 21.9. The van der Waals surface area contributed by atoms with Crippen LogP contribution in [0, 0.1) is 5.92 Å². The summed E-state index contributed by atoms with van der Waals surface area (Å²) in [5, 5.41) is 14.0. The van der Waals surface area contributed by atoms with Crippen molar-refractivity contribution >= 4 is 12.0 Å². The molecular weight excluding hydrogens is 224 g/mol. The van der Waals surface area contributed by atoms with Crippen molar-refractivity contribution in [2.45, 2.75) is 38.8 Å². The molecule has 1 saturated heterocycles. The monoisotopic (exact) mass is 244 g/mol. The number of carbonyl (C=O) groups is 2. The summed E-state index contributed by atoms with van der Waals surface area (Å²) in [5.41, 5.74) is 0. The standard InChI is InChI=1S/C11H20N2O4/c1-7(5-10(14)15)6-12-11(16)13-9-3-4-17-8(9)2/h7-9H,3-6H2,1-2H3,(H,14,15)(H2,12,13,16). The second-order valence-corrected chi connectivity index (χ2v) is 4.53. The Labute approximate surface area is 101 Å². The van der Waals surface area contributed by atoms with E-state index >= 15 is 0 Å². The lowest BCUT2D eigenvalue weighted by atomic mass is 10.1. The van der Waals surface area contributed by atoms with Gasteiger partial charge in [-0.15, -0.1) is 0 Å². The molecule has 0 aromatic heterocycles. The maximum Gasteiger partial charge on any atom is 0.315 e. The maximum absolute atomic E-state index is 11.5. The van der Waals surface area contributed by atoms with E-state index in [-0.39, 0.29) is 30.5 Å². The molecular formula is C11H20N2O4. The van der Waals surface area contributed by atoms with Gasteiger partial charge in [0.25, 0.3) is 0 Å². The molecule has 0 radical (unpaired) electrons. The highest BCUT2D eigenvalue weighted by atomic mass is 16.5. The molecule has 1 fully saturated rings. The van der Waals surface area contributed by atoms with E-state index in [9.17, 15) is 9.59 Å². The van der Waals surface area contributed by atoms with Gasteiger partial charge in [-0.3, -0.25) is 4.79 Å². The maximum atomic E-state index is 11.5. The first kappa shape index (κ1) is 13.8. The quantitative estimate of drug-likeness (QED) is 0.660. The van der Waals surface area contributed by atoms with Gasteiger partial charge < -0.3 is 20.5 Å². The Balaban J connectivity index is 2.18. The van der Waals surface area contributed by atoms with Crippen molar-refractivity contribution in [3.8, 4) is 0 Å². The second-order valence-electron chi connectivity index (χ2n) is 4.53. The van der Waals surface area contributed by atoms with Crippen molar-refractivity contribution in [2.75, 3.05) is 13.2 Å². The van der Waals surface area contributed by atoms with Crippen LogP contribution in [-0.4, -0.2) is 42.4 Å². The highest BCUT2D eigenvalue weighted by Gasteiger charge is 2.25. The van der Waals surface area contributed by atoms with E-state index in [1.54, 1.807) is 6.92 Å². The Bertz CT molecular complexity index is 283. The third kappa shape index (κ3) is 5.04. The van der Waals surface area contributed by atoms with Crippen molar-refractivity contribution in [3.63, 3.8) is 0 Å². The normalized spacial score (nSPS) is 25.3. The Kier molecular flexibility index (Phi) is 5.21. The van der Waals surface area contributed by atoms with Gasteiger partial charge in [0.15, 0.2) is 0 Å². The van der Waals surface area contributed by atoms with Crippen LogP contribution in [0.2, 0.25) is 0 Å². The lowest BCUT2D eigenvalue weighted by Gasteiger charge is -2.17. The molecule has 0 spiro atoms. The van der Waals surface area contributed by atoms with E-state index in [1.807, 2.05) is 6.92 Å². The number of hydrogen-bond donors (Lipinski definition) is 3. The fourth-order valence-electron chi connectivity index (χ4n) is 1.78. The molecule has 3 unspecified atom stereocenters. The lowest BCUT2D eigenvalue weighted by molar-refractivity contribution is -0.137. The average molecular weight is 244 g/mol. The number of hydrogen-bond acceptors (Lipinski definition) is 3. The Morgan fingerprint density at radius 1 is 1.53 bits per heavy atom. The lowest BCUT2D eigenvalue weighted by Crippen LogP contribution is -2.46. The molecule has 0 saturated carbocycles. The first-order chi connectivity index (χ1) is 7.99. The molecule has 0 aliphatic carbocycles. The van der Waals surface area contributed by atoms with Crippen LogP contribution in [-0.2, 0) is 9.53 Å². The van der Waals surface area contributed by atoms with E-state index in [0.29, 0.717) is 13.2 Å². The minimum Gasteiger partial charge on any atom is -0.481 e. The van der Waals surface area contributed by atoms with Crippen LogP contribution >= 0.6 is 0 Å². The number of ether oxygens (including phenoxy) is 1. The smallest absolute Gasteiger partial charge is 0.315 e. The molecule has 17 heavy (non-hydrogen) atoms. The van der Waals surface area contributed by atoms with E-state index < -0.39 is 5.97 Å². The summed E-state index contributed by atoms with van der Waals surface area (Å²) >= 11 is 0. The topological polar surface area (TPSA) is 87.7 Å². The SMILES string of the molecule is CC(CNC(=O)NC1CCOC1C)CC(=O)O. The molecule has 0 aromatic carbocycles. The average Bonchev–Trinajstić information content (AvgIpc) is 2.61. The molecule has 6 heteroatoms. The first-order valence-electron chi connectivity index (χ1n) is 5.86. The van der Waals surface area contributed by atoms with Crippen molar-refractivity contribution in [1.82, 2.24) is 10.6 Å². The van der Waals surface area contributed by atoms with Gasteiger partial charge in [-0.25, -0.2) is 4.79 Å². The second kappa shape index (κ2) is 6.44. The predicted octanol–water partition coefficient (Wildman–Crippen LogP) is 0.574. The molecule has 2 amide bonds. The Morgan fingerprint density at radius 3 is 2.76 bits per heavy atom. The summed E-state index contributed by atoms with van der Waals surface area (Å²) in [5.74, 6) is -0.923. The van der Waals surface area contributed by atoms with Crippen molar-refractivity contribution in [2.24, 2.45) is 5.92 Å². The molecule has 0 aromatic rings. The van der Waals surface area contributed by atoms with E-state index in [0.717, 1.165) is 6.42 Å². The largest absolute Gasteiger partial charge is 0.481 e. The predicted molar refractivity (Wildman–Crippen MR) is 61.8 cm³/mol. The van der Waals surface area contributed by atoms with Crippen LogP contribution in [0.5, 0.6) is 0 Å². The van der Waals surface area contributed by atoms with Gasteiger partial charge in [0.2, 0.25) is 0 Å². The molecule has 1 aliphatic heterocycles. The molecule has 3 atom stereocenters. The number of urea groups is 1. The minimum atomic E-state index is -0.850. The van der Waals surface area contributed by atoms with E-state index in [4.69, 9.17) is 9.84 Å². The number of aliphatic carboxylic acids is 1. The van der Waals surface area contributed by atoms with Crippen LogP contribution in [0.4, 0.5) is 4.79 Å². The van der Waals surface area contributed by atoms with E-state index in [1.165, 1.54) is 0 Å². The zero-order valence-electron chi connectivity index (χ0n) is 10.2. The van der Waals surface area contributed by atoms with Crippen LogP contribution < -0.4 is 10.6 Å². The molecule has 98 valence electrons. The van der Waals surface area contributed by atoms with Crippen LogP contribution in [0.15, 0.2) is 0 Å². The fraction of sp³-hybridized carbons (Fsp3) is 0.818. The van der Waals surface area contributed by atoms with Gasteiger partial charge in [0.05, 0.1) is 12.1 Å². The van der Waals surface area contributed by atoms with Crippen LogP contribution in [0.3, 0.4) is 0 Å². The zero-order valence-corrected chi connectivity index (χ0v) is 10.2. The van der Waals surface area contributed by atoms with Crippen LogP contribution in [0.25, 0.3) is 0 Å². The highest BCUT2D eigenvalue weighted by Crippen LogP contribution is 2.12. The molecule has 1 aliphatic rings. The zero-order chi connectivity index (χ0) is 12.8. The Hall–Kier alpha value is -1.30. The molecule has 0 bridgehead atoms. The first-order valence-corrected chi connectivity index (χ1v) is 5.86. The Morgan fingerprint density at radius 2 is 2.24 bits per heavy atom. The fourth-order valence-corrected chi connectivity index (χ4v) is 1.78. The summed E-state index contributed by atoms with van der Waals surface area (Å²) in [6.45, 7) is 4.74. The van der Waals surface area contributed by atoms with Crippen molar-refractivity contribution in [3.05, 3.63) is 0 Å². The highest BCUT2D eigenvalue weighted by molar-refractivity contribution is 5.74. The number of carboxylic acids is 1. The number of nitrogens with one attached hydrogen (secondary N) is 2. The molecule has 1 heterocycles. The summed E-state index contributed by atoms with van der Waals surface area (Å²) < 4.78 is 5.32. The summed E-state index contributed by atoms with van der Waals surface area (Å²) in [7, 11) is 0. The van der Waals surface area contributed by atoms with Gasteiger partial charge in [-0.1, -0.05) is 6.92 Å². The van der Waals surface area contributed by atoms with Gasteiger partial charge in [0.1, 0.15) is 0 Å². The number of carbonyl (C=O) groups excluding carboxylic acids is 1. The van der Waals surface area contributed by atoms with Gasteiger partial charge in [-0.2, -0.15) is 0 Å². The van der Waals surface area contributed by atoms with Gasteiger partial charge in [-0.05, 0) is 19.3 Å². The third-order valence-corrected chi connectivity index (χ3v) is 2.83.